The van der Waals surface area contributed by atoms with Crippen LogP contribution in [0.4, 0.5) is 0 Å². The Kier molecular flexibility index (Phi) is 8.63. The van der Waals surface area contributed by atoms with Gasteiger partial charge in [-0.25, -0.2) is 0 Å². The van der Waals surface area contributed by atoms with E-state index in [1.807, 2.05) is 7.05 Å². The summed E-state index contributed by atoms with van der Waals surface area (Å²) in [6.45, 7) is 5.28. The van der Waals surface area contributed by atoms with E-state index in [0.29, 0.717) is 5.92 Å². The molecule has 0 radical (unpaired) electrons. The number of rotatable bonds is 5. The summed E-state index contributed by atoms with van der Waals surface area (Å²) in [6.07, 6.45) is 3.23. The highest BCUT2D eigenvalue weighted by Gasteiger charge is 2.34. The lowest BCUT2D eigenvalue weighted by Crippen LogP contribution is -2.49. The summed E-state index contributed by atoms with van der Waals surface area (Å²) in [6, 6.07) is 10.8. The first-order chi connectivity index (χ1) is 12.2. The Balaban J connectivity index is 0.00000243. The van der Waals surface area contributed by atoms with E-state index >= 15 is 0 Å². The molecule has 1 N–H and O–H groups in total. The van der Waals surface area contributed by atoms with Crippen molar-refractivity contribution in [2.75, 3.05) is 53.6 Å². The van der Waals surface area contributed by atoms with Gasteiger partial charge in [0.1, 0.15) is 0 Å². The Morgan fingerprint density at radius 1 is 1.19 bits per heavy atom. The van der Waals surface area contributed by atoms with Crippen molar-refractivity contribution in [3.63, 3.8) is 0 Å². The molecule has 2 fully saturated rings. The van der Waals surface area contributed by atoms with Gasteiger partial charge in [-0.2, -0.15) is 0 Å². The minimum absolute atomic E-state index is 0. The standard InChI is InChI=1S/C20H31N3O2.HI/c1-21-19(23(2)14-17-8-11-25-15-17)22-16-20(9-12-24-13-10-20)18-6-4-3-5-7-18;/h3-7,17H,8-16H2,1-2H3,(H,21,22);1H. The maximum Gasteiger partial charge on any atom is 0.193 e. The predicted molar refractivity (Wildman–Crippen MR) is 117 cm³/mol. The Bertz CT molecular complexity index is 555. The van der Waals surface area contributed by atoms with Crippen LogP contribution in [0.5, 0.6) is 0 Å². The van der Waals surface area contributed by atoms with Gasteiger partial charge in [0.25, 0.3) is 0 Å². The van der Waals surface area contributed by atoms with Crippen molar-refractivity contribution in [2.24, 2.45) is 10.9 Å². The predicted octanol–water partition coefficient (Wildman–Crippen LogP) is 2.90. The van der Waals surface area contributed by atoms with Crippen LogP contribution in [0.25, 0.3) is 0 Å². The van der Waals surface area contributed by atoms with Crippen molar-refractivity contribution in [1.29, 1.82) is 0 Å². The SMILES string of the molecule is CN=C(NCC1(c2ccccc2)CCOCC1)N(C)CC1CCOC1.I. The maximum absolute atomic E-state index is 5.63. The average Bonchev–Trinajstić information content (AvgIpc) is 3.17. The molecule has 0 aromatic heterocycles. The van der Waals surface area contributed by atoms with Crippen molar-refractivity contribution in [1.82, 2.24) is 10.2 Å². The number of nitrogens with one attached hydrogen (secondary N) is 1. The summed E-state index contributed by atoms with van der Waals surface area (Å²) in [5, 5.41) is 3.63. The zero-order valence-electron chi connectivity index (χ0n) is 15.9. The highest BCUT2D eigenvalue weighted by molar-refractivity contribution is 14.0. The van der Waals surface area contributed by atoms with Crippen molar-refractivity contribution in [3.05, 3.63) is 35.9 Å². The highest BCUT2D eigenvalue weighted by Crippen LogP contribution is 2.34. The zero-order chi connectivity index (χ0) is 17.5. The van der Waals surface area contributed by atoms with Gasteiger partial charge in [-0.1, -0.05) is 30.3 Å². The third-order valence-electron chi connectivity index (χ3n) is 5.55. The minimum Gasteiger partial charge on any atom is -0.381 e. The van der Waals surface area contributed by atoms with Gasteiger partial charge >= 0.3 is 0 Å². The van der Waals surface area contributed by atoms with E-state index in [9.17, 15) is 0 Å². The summed E-state index contributed by atoms with van der Waals surface area (Å²) in [5.41, 5.74) is 1.51. The lowest BCUT2D eigenvalue weighted by atomic mass is 9.74. The Morgan fingerprint density at radius 3 is 2.54 bits per heavy atom. The van der Waals surface area contributed by atoms with Crippen molar-refractivity contribution >= 4 is 29.9 Å². The number of hydrogen-bond donors (Lipinski definition) is 1. The van der Waals surface area contributed by atoms with Crippen molar-refractivity contribution < 1.29 is 9.47 Å². The molecule has 2 aliphatic rings. The van der Waals surface area contributed by atoms with E-state index in [4.69, 9.17) is 9.47 Å². The third kappa shape index (κ3) is 5.33. The summed E-state index contributed by atoms with van der Waals surface area (Å²) >= 11 is 0. The molecule has 1 atom stereocenters. The van der Waals surface area contributed by atoms with Crippen LogP contribution >= 0.6 is 24.0 Å². The summed E-state index contributed by atoms with van der Waals surface area (Å²) in [4.78, 5) is 6.73. The van der Waals surface area contributed by atoms with Gasteiger partial charge in [0.15, 0.2) is 5.96 Å². The summed E-state index contributed by atoms with van der Waals surface area (Å²) < 4.78 is 11.1. The Labute approximate surface area is 174 Å². The van der Waals surface area contributed by atoms with Crippen LogP contribution in [0.3, 0.4) is 0 Å². The van der Waals surface area contributed by atoms with Crippen LogP contribution in [0.1, 0.15) is 24.8 Å². The minimum atomic E-state index is 0. The van der Waals surface area contributed by atoms with Gasteiger partial charge in [0, 0.05) is 58.3 Å². The molecule has 0 spiro atoms. The molecule has 146 valence electrons. The molecule has 2 saturated heterocycles. The highest BCUT2D eigenvalue weighted by atomic mass is 127. The Hall–Kier alpha value is -0.860. The van der Waals surface area contributed by atoms with Crippen molar-refractivity contribution in [2.45, 2.75) is 24.7 Å². The van der Waals surface area contributed by atoms with E-state index in [0.717, 1.165) is 64.7 Å². The fraction of sp³-hybridized carbons (Fsp3) is 0.650. The first kappa shape index (κ1) is 21.4. The van der Waals surface area contributed by atoms with E-state index in [2.05, 4.69) is 52.6 Å². The maximum atomic E-state index is 5.63. The second-order valence-electron chi connectivity index (χ2n) is 7.27. The third-order valence-corrected chi connectivity index (χ3v) is 5.55. The fourth-order valence-electron chi connectivity index (χ4n) is 3.96. The van der Waals surface area contributed by atoms with Gasteiger partial charge < -0.3 is 19.7 Å². The largest absolute Gasteiger partial charge is 0.381 e. The first-order valence-corrected chi connectivity index (χ1v) is 9.36. The van der Waals surface area contributed by atoms with E-state index in [-0.39, 0.29) is 29.4 Å². The number of hydrogen-bond acceptors (Lipinski definition) is 3. The summed E-state index contributed by atoms with van der Waals surface area (Å²) in [7, 11) is 3.98. The van der Waals surface area contributed by atoms with Gasteiger partial charge in [-0.05, 0) is 24.8 Å². The molecule has 1 unspecified atom stereocenters. The van der Waals surface area contributed by atoms with Crippen molar-refractivity contribution in [3.8, 4) is 0 Å². The molecular weight excluding hydrogens is 441 g/mol. The lowest BCUT2D eigenvalue weighted by Gasteiger charge is -2.39. The molecule has 26 heavy (non-hydrogen) atoms. The molecule has 2 aliphatic heterocycles. The van der Waals surface area contributed by atoms with Crippen LogP contribution < -0.4 is 5.32 Å². The van der Waals surface area contributed by atoms with Crippen LogP contribution in [0.2, 0.25) is 0 Å². The number of aliphatic imine (C=N–C) groups is 1. The molecule has 0 bridgehead atoms. The molecule has 1 aromatic rings. The van der Waals surface area contributed by atoms with Crippen LogP contribution in [0.15, 0.2) is 35.3 Å². The molecule has 0 aliphatic carbocycles. The van der Waals surface area contributed by atoms with Crippen LogP contribution in [-0.4, -0.2) is 64.5 Å². The molecule has 6 heteroatoms. The van der Waals surface area contributed by atoms with Gasteiger partial charge in [0.05, 0.1) is 6.61 Å². The van der Waals surface area contributed by atoms with Gasteiger partial charge in [-0.3, -0.25) is 4.99 Å². The molecule has 2 heterocycles. The normalized spacial score (nSPS) is 22.5. The number of halogens is 1. The average molecular weight is 473 g/mol. The molecule has 0 amide bonds. The van der Waals surface area contributed by atoms with Crippen LogP contribution in [0, 0.1) is 5.92 Å². The zero-order valence-corrected chi connectivity index (χ0v) is 18.3. The monoisotopic (exact) mass is 473 g/mol. The molecule has 1 aromatic carbocycles. The van der Waals surface area contributed by atoms with E-state index in [1.165, 1.54) is 5.56 Å². The molecule has 5 nitrogen and oxygen atoms in total. The number of guanidine groups is 1. The molecule has 0 saturated carbocycles. The smallest absolute Gasteiger partial charge is 0.193 e. The quantitative estimate of drug-likeness (QED) is 0.406. The van der Waals surface area contributed by atoms with E-state index < -0.39 is 0 Å². The second-order valence-corrected chi connectivity index (χ2v) is 7.27. The first-order valence-electron chi connectivity index (χ1n) is 9.36. The fourth-order valence-corrected chi connectivity index (χ4v) is 3.96. The number of benzene rings is 1. The molecule has 3 rings (SSSR count). The Morgan fingerprint density at radius 2 is 1.92 bits per heavy atom. The second kappa shape index (κ2) is 10.5. The summed E-state index contributed by atoms with van der Waals surface area (Å²) in [5.74, 6) is 1.57. The lowest BCUT2D eigenvalue weighted by molar-refractivity contribution is 0.0512. The van der Waals surface area contributed by atoms with E-state index in [1.54, 1.807) is 0 Å². The van der Waals surface area contributed by atoms with Crippen LogP contribution in [-0.2, 0) is 14.9 Å². The number of ether oxygens (including phenoxy) is 2. The molecular formula is C20H32IN3O2. The topological polar surface area (TPSA) is 46.1 Å². The van der Waals surface area contributed by atoms with Gasteiger partial charge in [0.2, 0.25) is 0 Å². The number of nitrogens with zero attached hydrogens (tertiary/aromatic N) is 2. The van der Waals surface area contributed by atoms with Gasteiger partial charge in [-0.15, -0.1) is 24.0 Å².